The third-order valence-electron chi connectivity index (χ3n) is 2.68. The van der Waals surface area contributed by atoms with Crippen LogP contribution in [0.15, 0.2) is 12.1 Å². The number of thiophene rings is 1. The predicted octanol–water partition coefficient (Wildman–Crippen LogP) is 3.84. The highest BCUT2D eigenvalue weighted by Crippen LogP contribution is 2.28. The van der Waals surface area contributed by atoms with Crippen LogP contribution in [-0.2, 0) is 6.42 Å². The first-order chi connectivity index (χ1) is 8.70. The van der Waals surface area contributed by atoms with Gasteiger partial charge in [0.05, 0.1) is 14.9 Å². The first-order valence-electron chi connectivity index (χ1n) is 5.97. The Morgan fingerprint density at radius 1 is 1.44 bits per heavy atom. The third-order valence-corrected chi connectivity index (χ3v) is 4.87. The minimum atomic E-state index is 0.291. The Hall–Kier alpha value is -0.490. The number of aromatic nitrogens is 2. The fourth-order valence-corrected chi connectivity index (χ4v) is 3.65. The van der Waals surface area contributed by atoms with Gasteiger partial charge >= 0.3 is 0 Å². The first kappa shape index (κ1) is 13.9. The molecular weight excluding hydrogens is 286 g/mol. The molecule has 2 aromatic heterocycles. The van der Waals surface area contributed by atoms with Crippen molar-refractivity contribution in [2.75, 3.05) is 6.54 Å². The van der Waals surface area contributed by atoms with Gasteiger partial charge in [-0.3, -0.25) is 0 Å². The summed E-state index contributed by atoms with van der Waals surface area (Å²) in [7, 11) is 0. The number of hydrogen-bond acceptors (Lipinski definition) is 5. The summed E-state index contributed by atoms with van der Waals surface area (Å²) in [4.78, 5) is 2.52. The van der Waals surface area contributed by atoms with E-state index in [-0.39, 0.29) is 0 Å². The summed E-state index contributed by atoms with van der Waals surface area (Å²) in [6.07, 6.45) is 2.06. The van der Waals surface area contributed by atoms with Gasteiger partial charge in [0.1, 0.15) is 0 Å². The molecule has 98 valence electrons. The second kappa shape index (κ2) is 6.61. The Balaban J connectivity index is 2.12. The number of nitrogens with zero attached hydrogens (tertiary/aromatic N) is 2. The lowest BCUT2D eigenvalue weighted by molar-refractivity contribution is 0.536. The van der Waals surface area contributed by atoms with Crippen molar-refractivity contribution >= 4 is 34.5 Å². The number of halogens is 1. The van der Waals surface area contributed by atoms with Crippen LogP contribution in [0, 0.1) is 6.92 Å². The Morgan fingerprint density at radius 3 is 2.83 bits per heavy atom. The van der Waals surface area contributed by atoms with E-state index in [4.69, 9.17) is 11.6 Å². The summed E-state index contributed by atoms with van der Waals surface area (Å²) in [6.45, 7) is 5.19. The van der Waals surface area contributed by atoms with Crippen LogP contribution in [0.2, 0.25) is 4.34 Å². The average Bonchev–Trinajstić information content (AvgIpc) is 2.93. The van der Waals surface area contributed by atoms with Gasteiger partial charge in [-0.05, 0) is 43.6 Å². The molecule has 0 aliphatic heterocycles. The molecule has 1 atom stereocenters. The van der Waals surface area contributed by atoms with Crippen LogP contribution in [0.5, 0.6) is 0 Å². The number of rotatable bonds is 6. The SMILES string of the molecule is CCCNC(Cc1ccc(Cl)s1)c1snnc1C. The van der Waals surface area contributed by atoms with Crippen molar-refractivity contribution in [3.8, 4) is 0 Å². The largest absolute Gasteiger partial charge is 0.309 e. The molecule has 2 rings (SSSR count). The summed E-state index contributed by atoms with van der Waals surface area (Å²) in [5.74, 6) is 0. The second-order valence-corrected chi connectivity index (χ2v) is 6.72. The fourth-order valence-electron chi connectivity index (χ4n) is 1.80. The summed E-state index contributed by atoms with van der Waals surface area (Å²) >= 11 is 9.10. The molecule has 2 aromatic rings. The molecule has 0 aliphatic rings. The van der Waals surface area contributed by atoms with Crippen LogP contribution < -0.4 is 5.32 Å². The summed E-state index contributed by atoms with van der Waals surface area (Å²) in [5.41, 5.74) is 1.02. The first-order valence-corrected chi connectivity index (χ1v) is 7.94. The lowest BCUT2D eigenvalue weighted by Gasteiger charge is -2.16. The highest BCUT2D eigenvalue weighted by atomic mass is 35.5. The zero-order valence-electron chi connectivity index (χ0n) is 10.4. The molecule has 0 saturated heterocycles. The van der Waals surface area contributed by atoms with E-state index >= 15 is 0 Å². The lowest BCUT2D eigenvalue weighted by atomic mass is 10.1. The molecule has 0 aliphatic carbocycles. The lowest BCUT2D eigenvalue weighted by Crippen LogP contribution is -2.23. The van der Waals surface area contributed by atoms with Crippen LogP contribution in [0.3, 0.4) is 0 Å². The van der Waals surface area contributed by atoms with E-state index in [0.29, 0.717) is 6.04 Å². The topological polar surface area (TPSA) is 37.8 Å². The third kappa shape index (κ3) is 3.51. The normalized spacial score (nSPS) is 12.8. The van der Waals surface area contributed by atoms with Crippen LogP contribution in [0.1, 0.15) is 34.8 Å². The molecule has 0 aromatic carbocycles. The monoisotopic (exact) mass is 301 g/mol. The molecule has 0 bridgehead atoms. The van der Waals surface area contributed by atoms with Gasteiger partial charge < -0.3 is 5.32 Å². The Kier molecular flexibility index (Phi) is 5.12. The van der Waals surface area contributed by atoms with Gasteiger partial charge in [0, 0.05) is 17.3 Å². The Bertz CT molecular complexity index is 495. The smallest absolute Gasteiger partial charge is 0.0931 e. The van der Waals surface area contributed by atoms with Crippen molar-refractivity contribution < 1.29 is 0 Å². The molecule has 0 fully saturated rings. The van der Waals surface area contributed by atoms with Crippen molar-refractivity contribution in [3.63, 3.8) is 0 Å². The van der Waals surface area contributed by atoms with Crippen molar-refractivity contribution in [2.45, 2.75) is 32.7 Å². The molecular formula is C12H16ClN3S2. The average molecular weight is 302 g/mol. The van der Waals surface area contributed by atoms with E-state index in [2.05, 4.69) is 27.9 Å². The van der Waals surface area contributed by atoms with Crippen molar-refractivity contribution in [1.82, 2.24) is 14.9 Å². The number of aryl methyl sites for hydroxylation is 1. The second-order valence-electron chi connectivity index (χ2n) is 4.14. The van der Waals surface area contributed by atoms with E-state index in [0.717, 1.165) is 29.4 Å². The predicted molar refractivity (Wildman–Crippen MR) is 78.7 cm³/mol. The standard InChI is InChI=1S/C12H16ClN3S2/c1-3-6-14-10(12-8(2)15-16-18-12)7-9-4-5-11(13)17-9/h4-5,10,14H,3,6-7H2,1-2H3. The maximum absolute atomic E-state index is 5.98. The van der Waals surface area contributed by atoms with Gasteiger partial charge in [0.2, 0.25) is 0 Å². The minimum Gasteiger partial charge on any atom is -0.309 e. The van der Waals surface area contributed by atoms with E-state index in [1.165, 1.54) is 21.3 Å². The van der Waals surface area contributed by atoms with E-state index < -0.39 is 0 Å². The molecule has 1 unspecified atom stereocenters. The molecule has 0 saturated carbocycles. The number of nitrogens with one attached hydrogen (secondary N) is 1. The summed E-state index contributed by atoms with van der Waals surface area (Å²) in [5, 5.41) is 7.66. The number of hydrogen-bond donors (Lipinski definition) is 1. The highest BCUT2D eigenvalue weighted by molar-refractivity contribution is 7.16. The van der Waals surface area contributed by atoms with Gasteiger partial charge in [-0.2, -0.15) is 0 Å². The van der Waals surface area contributed by atoms with E-state index in [9.17, 15) is 0 Å². The van der Waals surface area contributed by atoms with Gasteiger partial charge in [0.15, 0.2) is 0 Å². The van der Waals surface area contributed by atoms with Crippen molar-refractivity contribution in [3.05, 3.63) is 31.9 Å². The maximum atomic E-state index is 5.98. The zero-order valence-corrected chi connectivity index (χ0v) is 12.8. The van der Waals surface area contributed by atoms with Crippen LogP contribution in [-0.4, -0.2) is 16.1 Å². The zero-order chi connectivity index (χ0) is 13.0. The van der Waals surface area contributed by atoms with Crippen LogP contribution in [0.4, 0.5) is 0 Å². The van der Waals surface area contributed by atoms with E-state index in [1.54, 1.807) is 11.3 Å². The van der Waals surface area contributed by atoms with Crippen LogP contribution >= 0.6 is 34.5 Å². The molecule has 18 heavy (non-hydrogen) atoms. The molecule has 6 heteroatoms. The molecule has 0 radical (unpaired) electrons. The van der Waals surface area contributed by atoms with Gasteiger partial charge in [-0.1, -0.05) is 23.0 Å². The quantitative estimate of drug-likeness (QED) is 0.881. The van der Waals surface area contributed by atoms with Gasteiger partial charge in [0.25, 0.3) is 0 Å². The fraction of sp³-hybridized carbons (Fsp3) is 0.500. The Labute approximate surface area is 120 Å². The van der Waals surface area contributed by atoms with E-state index in [1.807, 2.05) is 13.0 Å². The molecule has 0 amide bonds. The molecule has 0 spiro atoms. The molecule has 2 heterocycles. The Morgan fingerprint density at radius 2 is 2.28 bits per heavy atom. The van der Waals surface area contributed by atoms with Gasteiger partial charge in [-0.15, -0.1) is 16.4 Å². The minimum absolute atomic E-state index is 0.291. The molecule has 1 N–H and O–H groups in total. The summed E-state index contributed by atoms with van der Waals surface area (Å²) < 4.78 is 4.87. The summed E-state index contributed by atoms with van der Waals surface area (Å²) in [6, 6.07) is 4.34. The van der Waals surface area contributed by atoms with Gasteiger partial charge in [-0.25, -0.2) is 0 Å². The molecule has 3 nitrogen and oxygen atoms in total. The van der Waals surface area contributed by atoms with Crippen LogP contribution in [0.25, 0.3) is 0 Å². The van der Waals surface area contributed by atoms with Crippen molar-refractivity contribution in [2.24, 2.45) is 0 Å². The highest BCUT2D eigenvalue weighted by Gasteiger charge is 2.17. The maximum Gasteiger partial charge on any atom is 0.0931 e. The van der Waals surface area contributed by atoms with Crippen molar-refractivity contribution in [1.29, 1.82) is 0 Å².